The Bertz CT molecular complexity index is 1430. The van der Waals surface area contributed by atoms with Crippen molar-refractivity contribution in [3.63, 3.8) is 0 Å². The predicted octanol–water partition coefficient (Wildman–Crippen LogP) is 9.39. The molecule has 0 radical (unpaired) electrons. The topological polar surface area (TPSA) is 23.9 Å². The van der Waals surface area contributed by atoms with E-state index in [1.807, 2.05) is 0 Å². The van der Waals surface area contributed by atoms with Gasteiger partial charge in [0.05, 0.1) is 0 Å². The van der Waals surface area contributed by atoms with Gasteiger partial charge in [-0.05, 0) is 114 Å². The van der Waals surface area contributed by atoms with E-state index in [9.17, 15) is 0 Å². The normalized spacial score (nSPS) is 23.4. The van der Waals surface area contributed by atoms with Crippen LogP contribution in [0.25, 0.3) is 11.1 Å². The lowest BCUT2D eigenvalue weighted by atomic mass is 9.74. The van der Waals surface area contributed by atoms with Gasteiger partial charge in [0.15, 0.2) is 0 Å². The quantitative estimate of drug-likeness (QED) is 0.135. The first-order valence-corrected chi connectivity index (χ1v) is 15.9. The van der Waals surface area contributed by atoms with E-state index in [4.69, 9.17) is 5.41 Å². The van der Waals surface area contributed by atoms with Crippen LogP contribution in [0.2, 0.25) is 0 Å². The van der Waals surface area contributed by atoms with Crippen LogP contribution in [-0.2, 0) is 0 Å². The third kappa shape index (κ3) is 6.57. The zero-order valence-corrected chi connectivity index (χ0v) is 24.7. The maximum Gasteiger partial charge on any atom is 0.0252 e. The molecule has 208 valence electrons. The summed E-state index contributed by atoms with van der Waals surface area (Å²) in [5.41, 5.74) is 10.2. The summed E-state index contributed by atoms with van der Waals surface area (Å²) in [6, 6.07) is 8.99. The van der Waals surface area contributed by atoms with Crippen molar-refractivity contribution in [3.8, 4) is 0 Å². The Morgan fingerprint density at radius 2 is 1.77 bits per heavy atom. The first-order valence-electron chi connectivity index (χ1n) is 15.9. The Kier molecular flexibility index (Phi) is 9.87. The third-order valence-electron chi connectivity index (χ3n) is 9.37. The minimum atomic E-state index is 0.651. The minimum absolute atomic E-state index is 0.651. The molecule has 0 heterocycles. The molecular weight excluding hydrogens is 482 g/mol. The average molecular weight is 530 g/mol. The maximum atomic E-state index is 7.98. The highest BCUT2D eigenvalue weighted by Gasteiger charge is 2.25. The van der Waals surface area contributed by atoms with Crippen molar-refractivity contribution in [2.75, 3.05) is 0 Å². The highest BCUT2D eigenvalue weighted by molar-refractivity contribution is 5.83. The van der Waals surface area contributed by atoms with Gasteiger partial charge in [-0.2, -0.15) is 0 Å². The van der Waals surface area contributed by atoms with Crippen LogP contribution in [0.15, 0.2) is 107 Å². The Morgan fingerprint density at radius 1 is 0.925 bits per heavy atom. The number of nitrogens with one attached hydrogen (secondary N) is 1. The molecule has 0 fully saturated rings. The van der Waals surface area contributed by atoms with Gasteiger partial charge in [-0.15, -0.1) is 0 Å². The van der Waals surface area contributed by atoms with Gasteiger partial charge < -0.3 is 5.41 Å². The molecule has 5 rings (SSSR count). The number of fused-ring (bicyclic) bond motifs is 2. The van der Waals surface area contributed by atoms with Gasteiger partial charge in [0.2, 0.25) is 0 Å². The SMILES string of the molecule is CCCC/C=C(CC)/C(C=N)=C/C=C/C1=c2ccccc2=C(C2=CC=C(C3C=C4CCC=CC4CC3)CC2)CC1. The Labute approximate surface area is 242 Å². The number of hydrogen-bond acceptors (Lipinski definition) is 1. The zero-order chi connectivity index (χ0) is 27.7. The molecule has 0 bridgehead atoms. The number of benzene rings is 1. The smallest absolute Gasteiger partial charge is 0.0252 e. The summed E-state index contributed by atoms with van der Waals surface area (Å²) in [4.78, 5) is 0. The molecule has 0 saturated heterocycles. The van der Waals surface area contributed by atoms with Crippen LogP contribution in [0.5, 0.6) is 0 Å². The Balaban J connectivity index is 1.40. The van der Waals surface area contributed by atoms with E-state index in [-0.39, 0.29) is 0 Å². The summed E-state index contributed by atoms with van der Waals surface area (Å²) >= 11 is 0. The molecule has 2 unspecified atom stereocenters. The highest BCUT2D eigenvalue weighted by Crippen LogP contribution is 2.40. The van der Waals surface area contributed by atoms with Gasteiger partial charge in [-0.25, -0.2) is 0 Å². The van der Waals surface area contributed by atoms with E-state index in [2.05, 4.69) is 92.8 Å². The van der Waals surface area contributed by atoms with Crippen molar-refractivity contribution in [2.24, 2.45) is 11.8 Å². The van der Waals surface area contributed by atoms with Crippen molar-refractivity contribution >= 4 is 17.4 Å². The molecule has 0 saturated carbocycles. The van der Waals surface area contributed by atoms with Crippen LogP contribution in [0, 0.1) is 17.2 Å². The summed E-state index contributed by atoms with van der Waals surface area (Å²) < 4.78 is 0. The van der Waals surface area contributed by atoms with Crippen molar-refractivity contribution in [1.29, 1.82) is 5.41 Å². The summed E-state index contributed by atoms with van der Waals surface area (Å²) in [6.07, 6.45) is 37.0. The van der Waals surface area contributed by atoms with E-state index in [0.717, 1.165) is 37.2 Å². The van der Waals surface area contributed by atoms with E-state index in [1.54, 1.807) is 16.7 Å². The van der Waals surface area contributed by atoms with Gasteiger partial charge in [0.1, 0.15) is 0 Å². The van der Waals surface area contributed by atoms with Crippen molar-refractivity contribution in [3.05, 3.63) is 117 Å². The second kappa shape index (κ2) is 13.9. The molecule has 4 aliphatic carbocycles. The molecule has 4 aliphatic rings. The van der Waals surface area contributed by atoms with Gasteiger partial charge in [-0.1, -0.05) is 117 Å². The maximum absolute atomic E-state index is 7.98. The van der Waals surface area contributed by atoms with Crippen LogP contribution in [0.1, 0.15) is 90.9 Å². The zero-order valence-electron chi connectivity index (χ0n) is 24.7. The van der Waals surface area contributed by atoms with E-state index < -0.39 is 0 Å². The number of unbranched alkanes of at least 4 members (excludes halogenated alkanes) is 2. The van der Waals surface area contributed by atoms with Gasteiger partial charge in [0.25, 0.3) is 0 Å². The Hall–Kier alpha value is -3.19. The molecule has 0 amide bonds. The fourth-order valence-electron chi connectivity index (χ4n) is 7.04. The van der Waals surface area contributed by atoms with Gasteiger partial charge in [0, 0.05) is 6.21 Å². The fraction of sp³-hybridized carbons (Fsp3) is 0.410. The average Bonchev–Trinajstić information content (AvgIpc) is 3.02. The Morgan fingerprint density at radius 3 is 2.55 bits per heavy atom. The first-order chi connectivity index (χ1) is 19.7. The van der Waals surface area contributed by atoms with Crippen molar-refractivity contribution < 1.29 is 0 Å². The molecule has 1 heteroatoms. The lowest BCUT2D eigenvalue weighted by Crippen LogP contribution is -2.32. The largest absolute Gasteiger partial charge is 0.308 e. The fourth-order valence-corrected chi connectivity index (χ4v) is 7.04. The summed E-state index contributed by atoms with van der Waals surface area (Å²) in [6.45, 7) is 4.42. The van der Waals surface area contributed by atoms with Crippen LogP contribution in [0.3, 0.4) is 0 Å². The number of hydrogen-bond donors (Lipinski definition) is 1. The van der Waals surface area contributed by atoms with E-state index in [1.165, 1.54) is 84.7 Å². The van der Waals surface area contributed by atoms with Gasteiger partial charge in [-0.3, -0.25) is 0 Å². The van der Waals surface area contributed by atoms with Crippen LogP contribution in [-0.4, -0.2) is 6.21 Å². The molecule has 1 N–H and O–H groups in total. The summed E-state index contributed by atoms with van der Waals surface area (Å²) in [7, 11) is 0. The number of rotatable bonds is 10. The molecule has 2 atom stereocenters. The van der Waals surface area contributed by atoms with Gasteiger partial charge >= 0.3 is 0 Å². The molecular formula is C39H47N. The number of allylic oxidation sites excluding steroid dienone is 14. The standard InChI is InChI=1S/C39H47N/c1-3-5-6-12-29(4-2)36(28-40)16-11-15-32-25-26-38(39-18-10-9-17-37(32)39)33-22-19-31(20-23-33)35-24-21-30-13-7-8-14-34(30)27-35/h7,9-13,15-19,22,27-28,30,35,40H,3-6,8,14,20-21,23-26H2,1-2H3/b15-11+,29-12+,36-16+,40-28?. The first kappa shape index (κ1) is 28.3. The summed E-state index contributed by atoms with van der Waals surface area (Å²) in [5, 5.41) is 10.8. The lowest BCUT2D eigenvalue weighted by molar-refractivity contribution is 0.491. The van der Waals surface area contributed by atoms with Crippen LogP contribution in [0.4, 0.5) is 0 Å². The minimum Gasteiger partial charge on any atom is -0.308 e. The van der Waals surface area contributed by atoms with E-state index >= 15 is 0 Å². The summed E-state index contributed by atoms with van der Waals surface area (Å²) in [5.74, 6) is 1.37. The third-order valence-corrected chi connectivity index (χ3v) is 9.37. The second-order valence-electron chi connectivity index (χ2n) is 11.8. The van der Waals surface area contributed by atoms with Crippen molar-refractivity contribution in [1.82, 2.24) is 0 Å². The molecule has 0 spiro atoms. The van der Waals surface area contributed by atoms with Crippen molar-refractivity contribution in [2.45, 2.75) is 90.9 Å². The molecule has 40 heavy (non-hydrogen) atoms. The lowest BCUT2D eigenvalue weighted by Gasteiger charge is -2.31. The molecule has 0 aliphatic heterocycles. The molecule has 1 aromatic carbocycles. The van der Waals surface area contributed by atoms with E-state index in [0.29, 0.717) is 5.92 Å². The molecule has 0 aromatic heterocycles. The molecule has 1 nitrogen and oxygen atoms in total. The van der Waals surface area contributed by atoms with Crippen LogP contribution >= 0.6 is 0 Å². The van der Waals surface area contributed by atoms with Crippen LogP contribution < -0.4 is 10.4 Å². The molecule has 1 aromatic rings. The highest BCUT2D eigenvalue weighted by atomic mass is 14.3. The monoisotopic (exact) mass is 529 g/mol. The predicted molar refractivity (Wildman–Crippen MR) is 174 cm³/mol. The second-order valence-corrected chi connectivity index (χ2v) is 11.8.